The minimum Gasteiger partial charge on any atom is -0.324 e. The Morgan fingerprint density at radius 1 is 1.53 bits per heavy atom. The standard InChI is InChI=1S/C11H13BrN2O/c1-7-6-8(2-3-9(7)12)14-10(15)11(13)4-5-11/h2-3,6H,4-5,13H2,1H3,(H,14,15). The molecule has 15 heavy (non-hydrogen) atoms. The SMILES string of the molecule is Cc1cc(NC(=O)C2(N)CC2)ccc1Br. The summed E-state index contributed by atoms with van der Waals surface area (Å²) in [6.07, 6.45) is 1.57. The maximum atomic E-state index is 11.6. The van der Waals surface area contributed by atoms with Gasteiger partial charge in [0.1, 0.15) is 0 Å². The minimum atomic E-state index is -0.610. The molecule has 1 amide bonds. The molecule has 3 N–H and O–H groups in total. The molecule has 80 valence electrons. The van der Waals surface area contributed by atoms with Gasteiger partial charge in [-0.25, -0.2) is 0 Å². The topological polar surface area (TPSA) is 55.1 Å². The predicted octanol–water partition coefficient (Wildman–Crippen LogP) is 2.19. The van der Waals surface area contributed by atoms with E-state index in [4.69, 9.17) is 5.73 Å². The van der Waals surface area contributed by atoms with Gasteiger partial charge in [-0.2, -0.15) is 0 Å². The third kappa shape index (κ3) is 2.21. The molecule has 1 fully saturated rings. The Morgan fingerprint density at radius 3 is 2.73 bits per heavy atom. The van der Waals surface area contributed by atoms with Crippen LogP contribution in [0.2, 0.25) is 0 Å². The van der Waals surface area contributed by atoms with Crippen LogP contribution in [0.25, 0.3) is 0 Å². The van der Waals surface area contributed by atoms with Crippen molar-refractivity contribution in [3.63, 3.8) is 0 Å². The summed E-state index contributed by atoms with van der Waals surface area (Å²) >= 11 is 3.41. The lowest BCUT2D eigenvalue weighted by atomic mass is 10.2. The number of carbonyl (C=O) groups excluding carboxylic acids is 1. The van der Waals surface area contributed by atoms with Crippen LogP contribution in [0.4, 0.5) is 5.69 Å². The smallest absolute Gasteiger partial charge is 0.244 e. The van der Waals surface area contributed by atoms with E-state index < -0.39 is 5.54 Å². The monoisotopic (exact) mass is 268 g/mol. The van der Waals surface area contributed by atoms with Gasteiger partial charge in [-0.3, -0.25) is 4.79 Å². The van der Waals surface area contributed by atoms with E-state index in [0.717, 1.165) is 28.6 Å². The molecule has 4 heteroatoms. The summed E-state index contributed by atoms with van der Waals surface area (Å²) in [5.74, 6) is -0.0794. The first-order chi connectivity index (χ1) is 7.01. The van der Waals surface area contributed by atoms with Crippen molar-refractivity contribution in [2.75, 3.05) is 5.32 Å². The zero-order valence-electron chi connectivity index (χ0n) is 8.51. The Bertz CT molecular complexity index is 413. The normalized spacial score (nSPS) is 17.3. The van der Waals surface area contributed by atoms with E-state index in [9.17, 15) is 4.79 Å². The fraction of sp³-hybridized carbons (Fsp3) is 0.364. The van der Waals surface area contributed by atoms with Gasteiger partial charge in [0, 0.05) is 10.2 Å². The highest BCUT2D eigenvalue weighted by Crippen LogP contribution is 2.33. The van der Waals surface area contributed by atoms with Crippen LogP contribution in [0.1, 0.15) is 18.4 Å². The molecule has 0 unspecified atom stereocenters. The van der Waals surface area contributed by atoms with E-state index in [2.05, 4.69) is 21.2 Å². The Hall–Kier alpha value is -0.870. The molecular formula is C11H13BrN2O. The largest absolute Gasteiger partial charge is 0.324 e. The Kier molecular flexibility index (Phi) is 2.56. The molecule has 0 bridgehead atoms. The molecule has 0 saturated heterocycles. The molecule has 3 nitrogen and oxygen atoms in total. The molecule has 2 rings (SSSR count). The van der Waals surface area contributed by atoms with Crippen molar-refractivity contribution < 1.29 is 4.79 Å². The van der Waals surface area contributed by atoms with E-state index in [1.807, 2.05) is 25.1 Å². The molecule has 0 aromatic heterocycles. The number of nitrogens with one attached hydrogen (secondary N) is 1. The number of hydrogen-bond acceptors (Lipinski definition) is 2. The van der Waals surface area contributed by atoms with E-state index in [1.165, 1.54) is 0 Å². The summed E-state index contributed by atoms with van der Waals surface area (Å²) in [7, 11) is 0. The molecule has 1 aliphatic rings. The van der Waals surface area contributed by atoms with Crippen molar-refractivity contribution in [2.24, 2.45) is 5.73 Å². The molecule has 1 aromatic carbocycles. The highest BCUT2D eigenvalue weighted by atomic mass is 79.9. The second-order valence-corrected chi connectivity index (χ2v) is 4.93. The molecule has 0 heterocycles. The Labute approximate surface area is 97.2 Å². The van der Waals surface area contributed by atoms with Crippen LogP contribution in [-0.2, 0) is 4.79 Å². The van der Waals surface area contributed by atoms with Crippen LogP contribution < -0.4 is 11.1 Å². The summed E-state index contributed by atoms with van der Waals surface area (Å²) in [5.41, 5.74) is 7.07. The van der Waals surface area contributed by atoms with Crippen LogP contribution in [0.5, 0.6) is 0 Å². The molecule has 0 radical (unpaired) electrons. The Morgan fingerprint density at radius 2 is 2.20 bits per heavy atom. The van der Waals surface area contributed by atoms with Crippen molar-refractivity contribution in [3.05, 3.63) is 28.2 Å². The lowest BCUT2D eigenvalue weighted by molar-refractivity contribution is -0.118. The second-order valence-electron chi connectivity index (χ2n) is 4.07. The zero-order chi connectivity index (χ0) is 11.1. The zero-order valence-corrected chi connectivity index (χ0v) is 10.1. The fourth-order valence-electron chi connectivity index (χ4n) is 1.34. The molecule has 1 aliphatic carbocycles. The quantitative estimate of drug-likeness (QED) is 0.864. The van der Waals surface area contributed by atoms with Crippen molar-refractivity contribution in [2.45, 2.75) is 25.3 Å². The van der Waals surface area contributed by atoms with E-state index in [-0.39, 0.29) is 5.91 Å². The number of amides is 1. The van der Waals surface area contributed by atoms with Crippen LogP contribution in [-0.4, -0.2) is 11.4 Å². The van der Waals surface area contributed by atoms with Crippen LogP contribution in [0, 0.1) is 6.92 Å². The lowest BCUT2D eigenvalue weighted by Crippen LogP contribution is -2.37. The summed E-state index contributed by atoms with van der Waals surface area (Å²) in [5, 5.41) is 2.83. The summed E-state index contributed by atoms with van der Waals surface area (Å²) < 4.78 is 1.04. The third-order valence-corrected chi connectivity index (χ3v) is 3.55. The summed E-state index contributed by atoms with van der Waals surface area (Å²) in [4.78, 5) is 11.6. The average molecular weight is 269 g/mol. The molecule has 0 spiro atoms. The molecule has 1 saturated carbocycles. The number of benzene rings is 1. The number of nitrogens with two attached hydrogens (primary N) is 1. The molecule has 0 aliphatic heterocycles. The van der Waals surface area contributed by atoms with Gasteiger partial charge in [-0.05, 0) is 43.5 Å². The van der Waals surface area contributed by atoms with Crippen LogP contribution in [0.15, 0.2) is 22.7 Å². The first kappa shape index (κ1) is 10.6. The first-order valence-electron chi connectivity index (χ1n) is 4.88. The minimum absolute atomic E-state index is 0.0794. The maximum absolute atomic E-state index is 11.6. The highest BCUT2D eigenvalue weighted by Gasteiger charge is 2.45. The van der Waals surface area contributed by atoms with Crippen molar-refractivity contribution in [1.82, 2.24) is 0 Å². The number of aryl methyl sites for hydroxylation is 1. The molecular weight excluding hydrogens is 256 g/mol. The van der Waals surface area contributed by atoms with Gasteiger partial charge < -0.3 is 11.1 Å². The number of carbonyl (C=O) groups is 1. The van der Waals surface area contributed by atoms with E-state index >= 15 is 0 Å². The fourth-order valence-corrected chi connectivity index (χ4v) is 1.59. The van der Waals surface area contributed by atoms with Crippen molar-refractivity contribution in [1.29, 1.82) is 0 Å². The molecule has 0 atom stereocenters. The van der Waals surface area contributed by atoms with Crippen molar-refractivity contribution in [3.8, 4) is 0 Å². The van der Waals surface area contributed by atoms with Gasteiger partial charge in [-0.1, -0.05) is 15.9 Å². The number of hydrogen-bond donors (Lipinski definition) is 2. The van der Waals surface area contributed by atoms with Crippen LogP contribution in [0.3, 0.4) is 0 Å². The van der Waals surface area contributed by atoms with Gasteiger partial charge in [0.2, 0.25) is 5.91 Å². The summed E-state index contributed by atoms with van der Waals surface area (Å²) in [6.45, 7) is 1.98. The van der Waals surface area contributed by atoms with Crippen LogP contribution >= 0.6 is 15.9 Å². The summed E-state index contributed by atoms with van der Waals surface area (Å²) in [6, 6.07) is 5.70. The predicted molar refractivity (Wildman–Crippen MR) is 63.7 cm³/mol. The maximum Gasteiger partial charge on any atom is 0.244 e. The van der Waals surface area contributed by atoms with Gasteiger partial charge >= 0.3 is 0 Å². The average Bonchev–Trinajstić information content (AvgIpc) is 2.92. The lowest BCUT2D eigenvalue weighted by Gasteiger charge is -2.10. The number of rotatable bonds is 2. The van der Waals surface area contributed by atoms with Gasteiger partial charge in [0.25, 0.3) is 0 Å². The Balaban J connectivity index is 2.11. The first-order valence-corrected chi connectivity index (χ1v) is 5.67. The number of halogens is 1. The second kappa shape index (κ2) is 3.61. The molecule has 1 aromatic rings. The third-order valence-electron chi connectivity index (χ3n) is 2.66. The number of anilines is 1. The van der Waals surface area contributed by atoms with E-state index in [0.29, 0.717) is 0 Å². The van der Waals surface area contributed by atoms with Gasteiger partial charge in [0.15, 0.2) is 0 Å². The van der Waals surface area contributed by atoms with E-state index in [1.54, 1.807) is 0 Å². The van der Waals surface area contributed by atoms with Gasteiger partial charge in [-0.15, -0.1) is 0 Å². The van der Waals surface area contributed by atoms with Crippen molar-refractivity contribution >= 4 is 27.5 Å². The van der Waals surface area contributed by atoms with Gasteiger partial charge in [0.05, 0.1) is 5.54 Å². The highest BCUT2D eigenvalue weighted by molar-refractivity contribution is 9.10.